The van der Waals surface area contributed by atoms with Crippen LogP contribution in [0.25, 0.3) is 22.2 Å². The molecule has 36 heavy (non-hydrogen) atoms. The summed E-state index contributed by atoms with van der Waals surface area (Å²) < 4.78 is 10.8. The topological polar surface area (TPSA) is 77.5 Å². The van der Waals surface area contributed by atoms with E-state index in [0.717, 1.165) is 58.3 Å². The van der Waals surface area contributed by atoms with Crippen LogP contribution in [0.5, 0.6) is 5.75 Å². The Labute approximate surface area is 214 Å². The number of amides is 1. The average molecular weight is 501 g/mol. The van der Waals surface area contributed by atoms with Gasteiger partial charge in [-0.15, -0.1) is 11.3 Å². The van der Waals surface area contributed by atoms with Crippen molar-refractivity contribution in [1.29, 1.82) is 0 Å². The van der Waals surface area contributed by atoms with Crippen LogP contribution in [0.3, 0.4) is 0 Å². The summed E-state index contributed by atoms with van der Waals surface area (Å²) in [6.45, 7) is 3.66. The van der Waals surface area contributed by atoms with Crippen LogP contribution < -0.4 is 10.1 Å². The van der Waals surface area contributed by atoms with Gasteiger partial charge in [0.1, 0.15) is 10.8 Å². The summed E-state index contributed by atoms with van der Waals surface area (Å²) in [4.78, 5) is 32.7. The smallest absolute Gasteiger partial charge is 0.341 e. The second-order valence-electron chi connectivity index (χ2n) is 9.12. The second-order valence-corrected chi connectivity index (χ2v) is 10.2. The summed E-state index contributed by atoms with van der Waals surface area (Å²) >= 11 is 1.49. The third-order valence-electron chi connectivity index (χ3n) is 6.29. The van der Waals surface area contributed by atoms with Crippen molar-refractivity contribution in [3.05, 3.63) is 76.2 Å². The number of hydrogen-bond acceptors (Lipinski definition) is 6. The fourth-order valence-corrected chi connectivity index (χ4v) is 5.86. The van der Waals surface area contributed by atoms with Gasteiger partial charge in [0.05, 0.1) is 35.6 Å². The fourth-order valence-electron chi connectivity index (χ4n) is 4.59. The van der Waals surface area contributed by atoms with Gasteiger partial charge in [0, 0.05) is 15.8 Å². The Kier molecular flexibility index (Phi) is 6.74. The molecule has 184 valence electrons. The minimum atomic E-state index is -0.377. The first-order valence-electron chi connectivity index (χ1n) is 12.2. The molecule has 1 N–H and O–H groups in total. The number of nitrogens with one attached hydrogen (secondary N) is 1. The van der Waals surface area contributed by atoms with Crippen molar-refractivity contribution in [2.45, 2.75) is 45.6 Å². The van der Waals surface area contributed by atoms with E-state index in [-0.39, 0.29) is 18.0 Å². The number of nitrogens with zero attached hydrogens (tertiary/aromatic N) is 1. The van der Waals surface area contributed by atoms with Gasteiger partial charge in [-0.2, -0.15) is 0 Å². The number of pyridine rings is 1. The fraction of sp³-hybridized carbons (Fsp3) is 0.276. The number of thiophene rings is 1. The lowest BCUT2D eigenvalue weighted by Crippen LogP contribution is -2.18. The number of methoxy groups -OCH3 is 1. The number of aryl methyl sites for hydroxylation is 1. The number of esters is 1. The van der Waals surface area contributed by atoms with Gasteiger partial charge in [-0.25, -0.2) is 9.78 Å². The quantitative estimate of drug-likeness (QED) is 0.299. The normalized spacial score (nSPS) is 12.9. The Bertz CT molecular complexity index is 1440. The third-order valence-corrected chi connectivity index (χ3v) is 7.50. The number of carbonyl (C=O) groups excluding carboxylic acids is 2. The van der Waals surface area contributed by atoms with Crippen LogP contribution in [0.1, 0.15) is 57.8 Å². The van der Waals surface area contributed by atoms with Crippen LogP contribution in [0, 0.1) is 0 Å². The van der Waals surface area contributed by atoms with Crippen LogP contribution in [-0.4, -0.2) is 30.1 Å². The van der Waals surface area contributed by atoms with E-state index in [9.17, 15) is 9.59 Å². The van der Waals surface area contributed by atoms with Gasteiger partial charge >= 0.3 is 5.97 Å². The number of benzene rings is 2. The van der Waals surface area contributed by atoms with Crippen molar-refractivity contribution < 1.29 is 19.1 Å². The van der Waals surface area contributed by atoms with Crippen molar-refractivity contribution in [3.63, 3.8) is 0 Å². The van der Waals surface area contributed by atoms with E-state index in [1.54, 1.807) is 13.2 Å². The van der Waals surface area contributed by atoms with E-state index in [2.05, 4.69) is 5.32 Å². The summed E-state index contributed by atoms with van der Waals surface area (Å²) in [5, 5.41) is 4.37. The number of rotatable bonds is 6. The maximum atomic E-state index is 13.7. The first-order chi connectivity index (χ1) is 17.4. The van der Waals surface area contributed by atoms with E-state index in [0.29, 0.717) is 21.8 Å². The lowest BCUT2D eigenvalue weighted by molar-refractivity contribution is 0.0378. The Morgan fingerprint density at radius 2 is 1.78 bits per heavy atom. The van der Waals surface area contributed by atoms with Crippen LogP contribution in [0.4, 0.5) is 5.00 Å². The van der Waals surface area contributed by atoms with Crippen LogP contribution in [0.15, 0.2) is 54.6 Å². The molecule has 0 fully saturated rings. The van der Waals surface area contributed by atoms with Gasteiger partial charge < -0.3 is 14.8 Å². The van der Waals surface area contributed by atoms with E-state index >= 15 is 0 Å². The first kappa shape index (κ1) is 24.0. The highest BCUT2D eigenvalue weighted by molar-refractivity contribution is 7.17. The Morgan fingerprint density at radius 1 is 1.03 bits per heavy atom. The molecule has 1 aliphatic rings. The molecular weight excluding hydrogens is 472 g/mol. The summed E-state index contributed by atoms with van der Waals surface area (Å²) in [6, 6.07) is 17.0. The first-order valence-corrected chi connectivity index (χ1v) is 13.0. The Hall–Kier alpha value is -3.71. The number of carbonyl (C=O) groups is 2. The molecule has 2 heterocycles. The minimum absolute atomic E-state index is 0.239. The monoisotopic (exact) mass is 500 g/mol. The molecule has 2 aromatic heterocycles. The maximum Gasteiger partial charge on any atom is 0.341 e. The van der Waals surface area contributed by atoms with Crippen molar-refractivity contribution in [2.24, 2.45) is 0 Å². The SMILES string of the molecule is COc1ccc(-c2cc(C(=O)Nc3sc4c(c3C(=O)OC(C)C)CCCC4)c3ccccc3n2)cc1. The molecule has 5 rings (SSSR count). The number of fused-ring (bicyclic) bond motifs is 2. The highest BCUT2D eigenvalue weighted by atomic mass is 32.1. The lowest BCUT2D eigenvalue weighted by Gasteiger charge is -2.14. The van der Waals surface area contributed by atoms with Gasteiger partial charge in [0.15, 0.2) is 0 Å². The number of ether oxygens (including phenoxy) is 2. The summed E-state index contributed by atoms with van der Waals surface area (Å²) in [5.41, 5.74) is 4.31. The molecular formula is C29H28N2O4S. The molecule has 1 amide bonds. The zero-order valence-electron chi connectivity index (χ0n) is 20.6. The Balaban J connectivity index is 1.56. The van der Waals surface area contributed by atoms with Gasteiger partial charge in [-0.1, -0.05) is 18.2 Å². The maximum absolute atomic E-state index is 13.7. The highest BCUT2D eigenvalue weighted by Crippen LogP contribution is 2.39. The standard InChI is InChI=1S/C29H28N2O4S/c1-17(2)35-29(33)26-21-9-5-7-11-25(21)36-28(26)31-27(32)22-16-24(18-12-14-19(34-3)15-13-18)30-23-10-6-4-8-20(22)23/h4,6,8,10,12-17H,5,7,9,11H2,1-3H3,(H,31,32). The molecule has 0 bridgehead atoms. The number of anilines is 1. The summed E-state index contributed by atoms with van der Waals surface area (Å²) in [5.74, 6) is 0.0961. The Morgan fingerprint density at radius 3 is 2.53 bits per heavy atom. The van der Waals surface area contributed by atoms with E-state index in [1.807, 2.05) is 62.4 Å². The largest absolute Gasteiger partial charge is 0.497 e. The van der Waals surface area contributed by atoms with E-state index in [4.69, 9.17) is 14.5 Å². The molecule has 0 spiro atoms. The average Bonchev–Trinajstić information content (AvgIpc) is 3.25. The van der Waals surface area contributed by atoms with Gasteiger partial charge in [0.2, 0.25) is 0 Å². The lowest BCUT2D eigenvalue weighted by atomic mass is 9.95. The zero-order chi connectivity index (χ0) is 25.2. The van der Waals surface area contributed by atoms with Gasteiger partial charge in [0.25, 0.3) is 5.91 Å². The molecule has 4 aromatic rings. The van der Waals surface area contributed by atoms with Gasteiger partial charge in [-0.3, -0.25) is 4.79 Å². The summed E-state index contributed by atoms with van der Waals surface area (Å²) in [6.07, 6.45) is 3.61. The molecule has 1 aliphatic carbocycles. The van der Waals surface area contributed by atoms with Crippen LogP contribution >= 0.6 is 11.3 Å². The second kappa shape index (κ2) is 10.1. The van der Waals surface area contributed by atoms with Crippen molar-refractivity contribution in [1.82, 2.24) is 4.98 Å². The molecule has 2 aromatic carbocycles. The van der Waals surface area contributed by atoms with Crippen molar-refractivity contribution >= 4 is 39.1 Å². The molecule has 0 unspecified atom stereocenters. The third kappa shape index (κ3) is 4.71. The highest BCUT2D eigenvalue weighted by Gasteiger charge is 2.28. The number of para-hydroxylation sites is 1. The minimum Gasteiger partial charge on any atom is -0.497 e. The molecule has 0 saturated heterocycles. The van der Waals surface area contributed by atoms with Crippen molar-refractivity contribution in [3.8, 4) is 17.0 Å². The van der Waals surface area contributed by atoms with E-state index in [1.165, 1.54) is 11.3 Å². The molecule has 0 saturated carbocycles. The predicted molar refractivity (Wildman–Crippen MR) is 143 cm³/mol. The molecule has 7 heteroatoms. The summed E-state index contributed by atoms with van der Waals surface area (Å²) in [7, 11) is 1.62. The van der Waals surface area contributed by atoms with Crippen molar-refractivity contribution in [2.75, 3.05) is 12.4 Å². The van der Waals surface area contributed by atoms with Gasteiger partial charge in [-0.05, 0) is 81.5 Å². The number of hydrogen-bond donors (Lipinski definition) is 1. The molecule has 6 nitrogen and oxygen atoms in total. The molecule has 0 aliphatic heterocycles. The van der Waals surface area contributed by atoms with Crippen LogP contribution in [-0.2, 0) is 17.6 Å². The zero-order valence-corrected chi connectivity index (χ0v) is 21.4. The van der Waals surface area contributed by atoms with E-state index < -0.39 is 0 Å². The molecule has 0 radical (unpaired) electrons. The number of aromatic nitrogens is 1. The predicted octanol–water partition coefficient (Wildman–Crippen LogP) is 6.67. The molecule has 0 atom stereocenters. The van der Waals surface area contributed by atoms with Crippen LogP contribution in [0.2, 0.25) is 0 Å².